The van der Waals surface area contributed by atoms with E-state index in [9.17, 15) is 13.2 Å². The van der Waals surface area contributed by atoms with E-state index in [1.54, 1.807) is 36.4 Å². The molecule has 26 heavy (non-hydrogen) atoms. The van der Waals surface area contributed by atoms with Crippen molar-refractivity contribution in [2.24, 2.45) is 11.7 Å². The van der Waals surface area contributed by atoms with Gasteiger partial charge in [-0.25, -0.2) is 8.42 Å². The molecule has 2 atom stereocenters. The van der Waals surface area contributed by atoms with E-state index in [0.717, 1.165) is 12.8 Å². The van der Waals surface area contributed by atoms with E-state index in [0.29, 0.717) is 17.8 Å². The Balaban J connectivity index is 0.00000243. The molecule has 140 valence electrons. The van der Waals surface area contributed by atoms with E-state index < -0.39 is 10.0 Å². The molecule has 0 heterocycles. The van der Waals surface area contributed by atoms with Crippen molar-refractivity contribution < 1.29 is 13.2 Å². The van der Waals surface area contributed by atoms with Crippen LogP contribution in [0.2, 0.25) is 0 Å². The fraction of sp³-hybridized carbons (Fsp3) is 0.278. The summed E-state index contributed by atoms with van der Waals surface area (Å²) in [6.45, 7) is 0. The molecule has 1 aliphatic carbocycles. The average Bonchev–Trinajstić information content (AvgIpc) is 3.02. The first kappa shape index (κ1) is 20.2. The maximum absolute atomic E-state index is 12.4. The monoisotopic (exact) mass is 395 g/mol. The quantitative estimate of drug-likeness (QED) is 0.724. The molecule has 1 amide bonds. The molecule has 1 fully saturated rings. The molecule has 0 radical (unpaired) electrons. The van der Waals surface area contributed by atoms with Gasteiger partial charge >= 0.3 is 0 Å². The number of nitrogens with one attached hydrogen (secondary N) is 2. The minimum absolute atomic E-state index is 0. The van der Waals surface area contributed by atoms with E-state index in [4.69, 9.17) is 5.73 Å². The zero-order valence-corrected chi connectivity index (χ0v) is 15.7. The van der Waals surface area contributed by atoms with Crippen LogP contribution in [-0.4, -0.2) is 20.4 Å². The molecular weight excluding hydrogens is 374 g/mol. The van der Waals surface area contributed by atoms with Crippen LogP contribution in [0.5, 0.6) is 0 Å². The van der Waals surface area contributed by atoms with Crippen LogP contribution < -0.4 is 15.8 Å². The number of halogens is 1. The Kier molecular flexibility index (Phi) is 6.63. The number of para-hydroxylation sites is 1. The summed E-state index contributed by atoms with van der Waals surface area (Å²) in [5, 5.41) is 2.82. The Bertz CT molecular complexity index is 842. The van der Waals surface area contributed by atoms with E-state index in [1.165, 1.54) is 12.1 Å². The lowest BCUT2D eigenvalue weighted by Crippen LogP contribution is -2.23. The molecule has 8 heteroatoms. The highest BCUT2D eigenvalue weighted by Gasteiger charge is 2.27. The zero-order valence-electron chi connectivity index (χ0n) is 14.1. The number of hydrogen-bond acceptors (Lipinski definition) is 4. The number of sulfonamides is 1. The summed E-state index contributed by atoms with van der Waals surface area (Å²) in [6, 6.07) is 14.9. The molecule has 3 rings (SSSR count). The summed E-state index contributed by atoms with van der Waals surface area (Å²) < 4.78 is 27.3. The van der Waals surface area contributed by atoms with Crippen molar-refractivity contribution in [2.45, 2.75) is 30.2 Å². The van der Waals surface area contributed by atoms with Gasteiger partial charge in [0.15, 0.2) is 0 Å². The fourth-order valence-electron chi connectivity index (χ4n) is 2.94. The van der Waals surface area contributed by atoms with Gasteiger partial charge in [0.25, 0.3) is 10.0 Å². The van der Waals surface area contributed by atoms with Crippen molar-refractivity contribution in [3.63, 3.8) is 0 Å². The third-order valence-corrected chi connectivity index (χ3v) is 5.70. The molecular formula is C18H22ClN3O3S. The van der Waals surface area contributed by atoms with Gasteiger partial charge in [0, 0.05) is 23.3 Å². The molecule has 0 saturated heterocycles. The van der Waals surface area contributed by atoms with Crippen LogP contribution in [0.1, 0.15) is 19.3 Å². The summed E-state index contributed by atoms with van der Waals surface area (Å²) in [5.41, 5.74) is 6.90. The third-order valence-electron chi connectivity index (χ3n) is 4.30. The highest BCUT2D eigenvalue weighted by molar-refractivity contribution is 7.92. The number of rotatable bonds is 5. The van der Waals surface area contributed by atoms with Crippen LogP contribution in [0.15, 0.2) is 59.5 Å². The van der Waals surface area contributed by atoms with Crippen molar-refractivity contribution in [3.05, 3.63) is 54.6 Å². The second kappa shape index (κ2) is 8.53. The molecule has 2 unspecified atom stereocenters. The van der Waals surface area contributed by atoms with Gasteiger partial charge in [0.2, 0.25) is 5.91 Å². The van der Waals surface area contributed by atoms with Gasteiger partial charge in [-0.3, -0.25) is 9.52 Å². The summed E-state index contributed by atoms with van der Waals surface area (Å²) in [5.74, 6) is -0.135. The lowest BCUT2D eigenvalue weighted by atomic mass is 10.1. The Hall–Kier alpha value is -2.09. The lowest BCUT2D eigenvalue weighted by molar-refractivity contribution is -0.119. The number of carbonyl (C=O) groups excluding carboxylic acids is 1. The molecule has 0 bridgehead atoms. The SMILES string of the molecule is Cl.NC1CCC(C(=O)Nc2ccc(S(=O)(=O)Nc3ccccc3)cc2)C1. The summed E-state index contributed by atoms with van der Waals surface area (Å²) >= 11 is 0. The average molecular weight is 396 g/mol. The Morgan fingerprint density at radius 2 is 1.62 bits per heavy atom. The van der Waals surface area contributed by atoms with Crippen molar-refractivity contribution in [1.82, 2.24) is 0 Å². The number of nitrogens with two attached hydrogens (primary N) is 1. The Morgan fingerprint density at radius 3 is 2.19 bits per heavy atom. The van der Waals surface area contributed by atoms with Crippen LogP contribution in [0.3, 0.4) is 0 Å². The number of amides is 1. The van der Waals surface area contributed by atoms with Crippen LogP contribution in [0.25, 0.3) is 0 Å². The van der Waals surface area contributed by atoms with E-state index in [2.05, 4.69) is 10.0 Å². The second-order valence-electron chi connectivity index (χ2n) is 6.26. The molecule has 1 saturated carbocycles. The zero-order chi connectivity index (χ0) is 17.9. The first-order valence-electron chi connectivity index (χ1n) is 8.18. The number of carbonyl (C=O) groups is 1. The topological polar surface area (TPSA) is 101 Å². The van der Waals surface area contributed by atoms with Gasteiger partial charge in [0.05, 0.1) is 4.90 Å². The summed E-state index contributed by atoms with van der Waals surface area (Å²) in [6.07, 6.45) is 2.35. The second-order valence-corrected chi connectivity index (χ2v) is 7.94. The van der Waals surface area contributed by atoms with Crippen LogP contribution in [0.4, 0.5) is 11.4 Å². The van der Waals surface area contributed by atoms with Gasteiger partial charge in [-0.1, -0.05) is 18.2 Å². The molecule has 0 aromatic heterocycles. The summed E-state index contributed by atoms with van der Waals surface area (Å²) in [4.78, 5) is 12.3. The highest BCUT2D eigenvalue weighted by Crippen LogP contribution is 2.26. The van der Waals surface area contributed by atoms with Gasteiger partial charge in [0.1, 0.15) is 0 Å². The van der Waals surface area contributed by atoms with Crippen LogP contribution in [0, 0.1) is 5.92 Å². The van der Waals surface area contributed by atoms with Gasteiger partial charge in [-0.15, -0.1) is 12.4 Å². The largest absolute Gasteiger partial charge is 0.328 e. The predicted octanol–water partition coefficient (Wildman–Crippen LogP) is 2.98. The maximum Gasteiger partial charge on any atom is 0.261 e. The molecule has 2 aromatic carbocycles. The van der Waals surface area contributed by atoms with E-state index in [-0.39, 0.29) is 35.2 Å². The number of anilines is 2. The standard InChI is InChI=1S/C18H21N3O3S.ClH/c19-14-7-6-13(12-14)18(22)20-15-8-10-17(11-9-15)25(23,24)21-16-4-2-1-3-5-16;/h1-5,8-11,13-14,21H,6-7,12,19H2,(H,20,22);1H. The maximum atomic E-state index is 12.4. The highest BCUT2D eigenvalue weighted by atomic mass is 35.5. The molecule has 1 aliphatic rings. The van der Waals surface area contributed by atoms with Crippen molar-refractivity contribution in [1.29, 1.82) is 0 Å². The van der Waals surface area contributed by atoms with Gasteiger partial charge in [-0.05, 0) is 55.7 Å². The number of benzene rings is 2. The fourth-order valence-corrected chi connectivity index (χ4v) is 4.00. The molecule has 6 nitrogen and oxygen atoms in total. The van der Waals surface area contributed by atoms with Gasteiger partial charge < -0.3 is 11.1 Å². The molecule has 4 N–H and O–H groups in total. The van der Waals surface area contributed by atoms with Crippen LogP contribution >= 0.6 is 12.4 Å². The third kappa shape index (κ3) is 4.97. The van der Waals surface area contributed by atoms with Crippen molar-refractivity contribution >= 4 is 39.7 Å². The summed E-state index contributed by atoms with van der Waals surface area (Å²) in [7, 11) is -3.66. The molecule has 2 aromatic rings. The molecule has 0 aliphatic heterocycles. The van der Waals surface area contributed by atoms with Crippen molar-refractivity contribution in [2.75, 3.05) is 10.0 Å². The predicted molar refractivity (Wildman–Crippen MR) is 105 cm³/mol. The lowest BCUT2D eigenvalue weighted by Gasteiger charge is -2.12. The Morgan fingerprint density at radius 1 is 0.962 bits per heavy atom. The van der Waals surface area contributed by atoms with Gasteiger partial charge in [-0.2, -0.15) is 0 Å². The normalized spacial score (nSPS) is 19.4. The molecule has 0 spiro atoms. The minimum atomic E-state index is -3.66. The number of hydrogen-bond donors (Lipinski definition) is 3. The first-order chi connectivity index (χ1) is 11.9. The van der Waals surface area contributed by atoms with Crippen molar-refractivity contribution in [3.8, 4) is 0 Å². The first-order valence-corrected chi connectivity index (χ1v) is 9.67. The van der Waals surface area contributed by atoms with E-state index in [1.807, 2.05) is 6.07 Å². The van der Waals surface area contributed by atoms with Crippen LogP contribution in [-0.2, 0) is 14.8 Å². The van der Waals surface area contributed by atoms with E-state index >= 15 is 0 Å². The Labute approximate surface area is 159 Å². The smallest absolute Gasteiger partial charge is 0.261 e. The minimum Gasteiger partial charge on any atom is -0.328 e.